The zero-order chi connectivity index (χ0) is 20.6. The highest BCUT2D eigenvalue weighted by Crippen LogP contribution is 2.70. The fraction of sp³-hybridized carbons (Fsp3) is 0.364. The molecule has 2 atom stereocenters. The van der Waals surface area contributed by atoms with Crippen LogP contribution < -0.4 is 5.32 Å². The number of carbonyl (C=O) groups excluding carboxylic acids is 1. The molecule has 29 heavy (non-hydrogen) atoms. The molecule has 1 N–H and O–H groups in total. The predicted molar refractivity (Wildman–Crippen MR) is 114 cm³/mol. The van der Waals surface area contributed by atoms with Gasteiger partial charge in [0.1, 0.15) is 0 Å². The van der Waals surface area contributed by atoms with Crippen molar-refractivity contribution in [3.63, 3.8) is 0 Å². The maximum absolute atomic E-state index is 13.7. The number of carbonyl (C=O) groups is 1. The highest BCUT2D eigenvalue weighted by molar-refractivity contribution is 6.42. The van der Waals surface area contributed by atoms with E-state index in [2.05, 4.69) is 31.1 Å². The van der Waals surface area contributed by atoms with Gasteiger partial charge in [-0.3, -0.25) is 9.78 Å². The van der Waals surface area contributed by atoms with E-state index in [0.29, 0.717) is 26.8 Å². The third kappa shape index (κ3) is 2.23. The van der Waals surface area contributed by atoms with E-state index in [9.17, 15) is 4.79 Å². The Labute approximate surface area is 178 Å². The molecule has 1 amide bonds. The first kappa shape index (κ1) is 18.8. The van der Waals surface area contributed by atoms with Crippen LogP contribution in [0.1, 0.15) is 45.0 Å². The Morgan fingerprint density at radius 2 is 1.69 bits per heavy atom. The summed E-state index contributed by atoms with van der Waals surface area (Å²) in [5.74, 6) is -0.0633. The number of halogens is 2. The topological polar surface area (TPSA) is 67.8 Å². The van der Waals surface area contributed by atoms with Crippen LogP contribution in [0.2, 0.25) is 10.0 Å². The first-order valence-electron chi connectivity index (χ1n) is 9.60. The molecule has 2 aliphatic carbocycles. The molecule has 2 aromatic heterocycles. The smallest absolute Gasteiger partial charge is 0.237 e. The van der Waals surface area contributed by atoms with Crippen molar-refractivity contribution >= 4 is 45.8 Å². The van der Waals surface area contributed by atoms with Crippen molar-refractivity contribution in [3.05, 3.63) is 58.1 Å². The standard InChI is InChI=1S/C22H20Cl2N4O/c1-20(2)21(3)6-7-22(20,19(29)26-12-5-4-8-25-11-12)18-17(21)27-15-9-13(23)14(24)10-16(15)28-18/h4-5,8-11H,6-7H2,1-3H3,(H,26,29). The Hall–Kier alpha value is -2.24. The van der Waals surface area contributed by atoms with E-state index in [1.807, 2.05) is 6.07 Å². The van der Waals surface area contributed by atoms with E-state index in [1.54, 1.807) is 30.6 Å². The van der Waals surface area contributed by atoms with Crippen molar-refractivity contribution in [1.82, 2.24) is 15.0 Å². The maximum Gasteiger partial charge on any atom is 0.237 e. The fourth-order valence-electron chi connectivity index (χ4n) is 5.28. The number of amides is 1. The second-order valence-corrected chi connectivity index (χ2v) is 9.55. The van der Waals surface area contributed by atoms with Gasteiger partial charge >= 0.3 is 0 Å². The van der Waals surface area contributed by atoms with Gasteiger partial charge in [-0.1, -0.05) is 44.0 Å². The highest BCUT2D eigenvalue weighted by Gasteiger charge is 2.73. The van der Waals surface area contributed by atoms with Crippen LogP contribution in [-0.2, 0) is 15.6 Å². The Morgan fingerprint density at radius 1 is 1.03 bits per heavy atom. The number of nitrogens with zero attached hydrogens (tertiary/aromatic N) is 3. The largest absolute Gasteiger partial charge is 0.324 e. The number of fused-ring (bicyclic) bond motifs is 6. The predicted octanol–water partition coefficient (Wildman–Crippen LogP) is 5.30. The average molecular weight is 427 g/mol. The number of benzene rings is 1. The van der Waals surface area contributed by atoms with Crippen LogP contribution in [0.15, 0.2) is 36.7 Å². The zero-order valence-corrected chi connectivity index (χ0v) is 17.9. The number of aromatic nitrogens is 3. The molecular formula is C22H20Cl2N4O. The van der Waals surface area contributed by atoms with E-state index in [-0.39, 0.29) is 16.7 Å². The van der Waals surface area contributed by atoms with Crippen LogP contribution in [0, 0.1) is 5.41 Å². The highest BCUT2D eigenvalue weighted by atomic mass is 35.5. The van der Waals surface area contributed by atoms with E-state index < -0.39 is 5.41 Å². The molecule has 5 rings (SSSR count). The van der Waals surface area contributed by atoms with Crippen LogP contribution >= 0.6 is 23.2 Å². The van der Waals surface area contributed by atoms with E-state index in [1.165, 1.54) is 0 Å². The molecule has 2 heterocycles. The number of hydrogen-bond donors (Lipinski definition) is 1. The SMILES string of the molecule is CC12CCC(C(=O)Nc3cccnc3)(c3nc4cc(Cl)c(Cl)cc4nc31)C2(C)C. The molecule has 148 valence electrons. The third-order valence-electron chi connectivity index (χ3n) is 7.39. The quantitative estimate of drug-likeness (QED) is 0.603. The van der Waals surface area contributed by atoms with Gasteiger partial charge in [-0.15, -0.1) is 0 Å². The average Bonchev–Trinajstić information content (AvgIpc) is 2.98. The lowest BCUT2D eigenvalue weighted by Gasteiger charge is -2.39. The maximum atomic E-state index is 13.7. The number of pyridine rings is 1. The van der Waals surface area contributed by atoms with Gasteiger partial charge in [0.05, 0.1) is 49.8 Å². The van der Waals surface area contributed by atoms with Gasteiger partial charge in [0.2, 0.25) is 5.91 Å². The fourth-order valence-corrected chi connectivity index (χ4v) is 5.59. The van der Waals surface area contributed by atoms with Crippen molar-refractivity contribution in [2.75, 3.05) is 5.32 Å². The van der Waals surface area contributed by atoms with Crippen LogP contribution in [0.5, 0.6) is 0 Å². The summed E-state index contributed by atoms with van der Waals surface area (Å²) in [6.45, 7) is 6.49. The summed E-state index contributed by atoms with van der Waals surface area (Å²) in [6.07, 6.45) is 4.92. The molecule has 7 heteroatoms. The van der Waals surface area contributed by atoms with Crippen LogP contribution in [0.4, 0.5) is 5.69 Å². The molecule has 0 radical (unpaired) electrons. The normalized spacial score (nSPS) is 26.5. The third-order valence-corrected chi connectivity index (χ3v) is 8.11. The monoisotopic (exact) mass is 426 g/mol. The second-order valence-electron chi connectivity index (χ2n) is 8.73. The Balaban J connectivity index is 1.73. The van der Waals surface area contributed by atoms with Crippen LogP contribution in [-0.4, -0.2) is 20.9 Å². The van der Waals surface area contributed by atoms with Crippen molar-refractivity contribution in [2.24, 2.45) is 5.41 Å². The van der Waals surface area contributed by atoms with E-state index >= 15 is 0 Å². The van der Waals surface area contributed by atoms with Crippen LogP contribution in [0.3, 0.4) is 0 Å². The molecule has 1 fully saturated rings. The first-order valence-corrected chi connectivity index (χ1v) is 10.4. The Morgan fingerprint density at radius 3 is 2.31 bits per heavy atom. The number of anilines is 1. The molecule has 0 saturated heterocycles. The molecule has 0 spiro atoms. The Kier molecular flexibility index (Phi) is 3.81. The summed E-state index contributed by atoms with van der Waals surface area (Å²) in [7, 11) is 0. The summed E-state index contributed by atoms with van der Waals surface area (Å²) in [5.41, 5.74) is 2.27. The van der Waals surface area contributed by atoms with E-state index in [4.69, 9.17) is 33.2 Å². The van der Waals surface area contributed by atoms with Gasteiger partial charge in [0.25, 0.3) is 0 Å². The van der Waals surface area contributed by atoms with Gasteiger partial charge in [-0.25, -0.2) is 9.97 Å². The summed E-state index contributed by atoms with van der Waals surface area (Å²) < 4.78 is 0. The molecule has 2 aliphatic rings. The second kappa shape index (κ2) is 5.89. The van der Waals surface area contributed by atoms with Gasteiger partial charge in [-0.05, 0) is 42.5 Å². The van der Waals surface area contributed by atoms with Crippen molar-refractivity contribution in [3.8, 4) is 0 Å². The summed E-state index contributed by atoms with van der Waals surface area (Å²) in [5, 5.41) is 3.94. The van der Waals surface area contributed by atoms with Crippen molar-refractivity contribution in [2.45, 2.75) is 44.4 Å². The summed E-state index contributed by atoms with van der Waals surface area (Å²) >= 11 is 12.4. The number of hydrogen-bond acceptors (Lipinski definition) is 4. The molecule has 1 aromatic carbocycles. The molecular weight excluding hydrogens is 407 g/mol. The lowest BCUT2D eigenvalue weighted by Crippen LogP contribution is -2.48. The molecule has 5 nitrogen and oxygen atoms in total. The van der Waals surface area contributed by atoms with Gasteiger partial charge < -0.3 is 5.32 Å². The lowest BCUT2D eigenvalue weighted by molar-refractivity contribution is -0.125. The minimum Gasteiger partial charge on any atom is -0.324 e. The molecule has 1 saturated carbocycles. The summed E-state index contributed by atoms with van der Waals surface area (Å²) in [6, 6.07) is 7.11. The molecule has 3 aromatic rings. The van der Waals surface area contributed by atoms with Crippen molar-refractivity contribution in [1.29, 1.82) is 0 Å². The first-order chi connectivity index (χ1) is 13.7. The van der Waals surface area contributed by atoms with E-state index in [0.717, 1.165) is 24.2 Å². The van der Waals surface area contributed by atoms with Gasteiger partial charge in [-0.2, -0.15) is 0 Å². The number of nitrogens with one attached hydrogen (secondary N) is 1. The van der Waals surface area contributed by atoms with Crippen molar-refractivity contribution < 1.29 is 4.79 Å². The van der Waals surface area contributed by atoms with Gasteiger partial charge in [0, 0.05) is 11.6 Å². The summed E-state index contributed by atoms with van der Waals surface area (Å²) in [4.78, 5) is 27.7. The molecule has 2 bridgehead atoms. The van der Waals surface area contributed by atoms with Crippen LogP contribution in [0.25, 0.3) is 11.0 Å². The molecule has 0 aliphatic heterocycles. The Bertz CT molecular complexity index is 1180. The lowest BCUT2D eigenvalue weighted by atomic mass is 9.63. The zero-order valence-electron chi connectivity index (χ0n) is 16.4. The number of rotatable bonds is 2. The molecule has 2 unspecified atom stereocenters. The van der Waals surface area contributed by atoms with Gasteiger partial charge in [0.15, 0.2) is 0 Å². The minimum atomic E-state index is -0.778. The minimum absolute atomic E-state index is 0.0633.